The quantitative estimate of drug-likeness (QED) is 0.178. The first kappa shape index (κ1) is 31.9. The zero-order valence-corrected chi connectivity index (χ0v) is 27.8. The van der Waals surface area contributed by atoms with Crippen LogP contribution in [0.2, 0.25) is 0 Å². The van der Waals surface area contributed by atoms with E-state index < -0.39 is 11.6 Å². The number of aromatic nitrogens is 1. The normalized spacial score (nSPS) is 32.9. The lowest BCUT2D eigenvalue weighted by atomic mass is 9.53. The summed E-state index contributed by atoms with van der Waals surface area (Å²) in [5, 5.41) is 7.68. The molecule has 1 atom stereocenters. The molecular formula is C38H46FN3O6. The number of hydrogen-bond acceptors (Lipinski definition) is 8. The number of hydrogen-bond donors (Lipinski definition) is 2. The van der Waals surface area contributed by atoms with E-state index in [4.69, 9.17) is 24.3 Å². The minimum absolute atomic E-state index is 0.0805. The molecule has 6 aliphatic rings. The average Bonchev–Trinajstić information content (AvgIpc) is 3.10. The largest absolute Gasteiger partial charge is 0.496 e. The number of carbonyl (C=O) groups is 1. The lowest BCUT2D eigenvalue weighted by Crippen LogP contribution is -2.64. The summed E-state index contributed by atoms with van der Waals surface area (Å²) >= 11 is 0. The molecular weight excluding hydrogens is 613 g/mol. The van der Waals surface area contributed by atoms with Crippen molar-refractivity contribution < 1.29 is 33.5 Å². The molecule has 1 amide bonds. The molecule has 9 nitrogen and oxygen atoms in total. The fourth-order valence-electron chi connectivity index (χ4n) is 9.42. The van der Waals surface area contributed by atoms with E-state index in [0.717, 1.165) is 78.1 Å². The number of methoxy groups -OCH3 is 1. The van der Waals surface area contributed by atoms with Gasteiger partial charge in [0.15, 0.2) is 0 Å². The first-order valence-electron chi connectivity index (χ1n) is 17.8. The fraction of sp³-hybridized carbons (Fsp3) is 0.579. The van der Waals surface area contributed by atoms with Crippen LogP contribution in [-0.4, -0.2) is 42.2 Å². The van der Waals surface area contributed by atoms with Crippen molar-refractivity contribution in [1.29, 1.82) is 0 Å². The molecule has 5 saturated carbocycles. The Bertz CT molecular complexity index is 1600. The van der Waals surface area contributed by atoms with Crippen molar-refractivity contribution in [2.45, 2.75) is 95.2 Å². The minimum atomic E-state index is -0.920. The number of benzene rings is 2. The second kappa shape index (κ2) is 12.9. The van der Waals surface area contributed by atoms with Crippen LogP contribution >= 0.6 is 0 Å². The number of anilines is 1. The van der Waals surface area contributed by atoms with E-state index in [1.807, 2.05) is 18.2 Å². The Morgan fingerprint density at radius 1 is 1.00 bits per heavy atom. The number of fused-ring (bicyclic) bond motifs is 1. The van der Waals surface area contributed by atoms with Gasteiger partial charge in [-0.3, -0.25) is 9.78 Å². The number of carbonyl (C=O) groups excluding carboxylic acids is 1. The second-order valence-corrected chi connectivity index (χ2v) is 14.9. The van der Waals surface area contributed by atoms with Crippen LogP contribution in [0.4, 0.5) is 10.1 Å². The van der Waals surface area contributed by atoms with Gasteiger partial charge in [0, 0.05) is 66.4 Å². The van der Waals surface area contributed by atoms with Crippen LogP contribution in [0.5, 0.6) is 5.75 Å². The molecule has 48 heavy (non-hydrogen) atoms. The van der Waals surface area contributed by atoms with Crippen LogP contribution in [-0.2, 0) is 24.3 Å². The summed E-state index contributed by atoms with van der Waals surface area (Å²) in [7, 11) is 1.64. The minimum Gasteiger partial charge on any atom is -0.496 e. The first-order chi connectivity index (χ1) is 23.3. The van der Waals surface area contributed by atoms with E-state index in [2.05, 4.69) is 22.5 Å². The van der Waals surface area contributed by atoms with Crippen molar-refractivity contribution in [2.24, 2.45) is 29.6 Å². The van der Waals surface area contributed by atoms with Crippen LogP contribution in [0.3, 0.4) is 0 Å². The number of nitrogens with one attached hydrogen (secondary N) is 2. The van der Waals surface area contributed by atoms with Gasteiger partial charge < -0.3 is 15.4 Å². The molecule has 2 N–H and O–H groups in total. The van der Waals surface area contributed by atoms with E-state index in [1.54, 1.807) is 25.4 Å². The van der Waals surface area contributed by atoms with Crippen molar-refractivity contribution in [3.63, 3.8) is 0 Å². The molecule has 1 aromatic heterocycles. The number of pyridine rings is 1. The zero-order valence-electron chi connectivity index (χ0n) is 27.8. The lowest BCUT2D eigenvalue weighted by molar-refractivity contribution is -0.680. The van der Waals surface area contributed by atoms with E-state index in [1.165, 1.54) is 18.6 Å². The molecule has 10 heteroatoms. The van der Waals surface area contributed by atoms with Gasteiger partial charge in [-0.05, 0) is 100 Å². The molecule has 2 heterocycles. The molecule has 5 aliphatic carbocycles. The molecule has 1 aliphatic heterocycles. The predicted octanol–water partition coefficient (Wildman–Crippen LogP) is 7.70. The van der Waals surface area contributed by atoms with E-state index >= 15 is 0 Å². The highest BCUT2D eigenvalue weighted by Gasteiger charge is 2.64. The number of ether oxygens (including phenoxy) is 1. The maximum atomic E-state index is 13.6. The SMILES string of the molecule is COc1cc(NC(C)CCCNC(=O)C2CCC3(CC2)OOC2(OO3)C3CC4CC(C3)CC2C4)c2ncccc2c1-c1ccc(F)cc1. The van der Waals surface area contributed by atoms with Gasteiger partial charge in [0.1, 0.15) is 11.6 Å². The van der Waals surface area contributed by atoms with E-state index in [0.29, 0.717) is 49.8 Å². The molecule has 0 radical (unpaired) electrons. The molecule has 4 bridgehead atoms. The molecule has 1 saturated heterocycles. The van der Waals surface area contributed by atoms with E-state index in [-0.39, 0.29) is 23.7 Å². The summed E-state index contributed by atoms with van der Waals surface area (Å²) < 4.78 is 19.4. The summed E-state index contributed by atoms with van der Waals surface area (Å²) in [5.74, 6) is 1.02. The van der Waals surface area contributed by atoms with Crippen molar-refractivity contribution in [3.8, 4) is 16.9 Å². The van der Waals surface area contributed by atoms with Crippen LogP contribution in [0, 0.1) is 35.4 Å². The summed E-state index contributed by atoms with van der Waals surface area (Å²) in [6.07, 6.45) is 11.8. The lowest BCUT2D eigenvalue weighted by Gasteiger charge is -2.60. The van der Waals surface area contributed by atoms with Crippen molar-refractivity contribution in [3.05, 3.63) is 54.5 Å². The Balaban J connectivity index is 0.810. The van der Waals surface area contributed by atoms with Gasteiger partial charge in [-0.15, -0.1) is 0 Å². The topological polar surface area (TPSA) is 100 Å². The van der Waals surface area contributed by atoms with Gasteiger partial charge in [0.2, 0.25) is 17.5 Å². The summed E-state index contributed by atoms with van der Waals surface area (Å²) in [6.45, 7) is 2.73. The molecule has 3 aromatic rings. The molecule has 6 fully saturated rings. The Kier molecular flexibility index (Phi) is 8.55. The molecule has 256 valence electrons. The zero-order chi connectivity index (χ0) is 32.9. The number of halogens is 1. The Morgan fingerprint density at radius 2 is 1.69 bits per heavy atom. The third kappa shape index (κ3) is 5.84. The Hall–Kier alpha value is -3.31. The van der Waals surface area contributed by atoms with Crippen molar-refractivity contribution in [2.75, 3.05) is 19.0 Å². The molecule has 9 rings (SSSR count). The highest BCUT2D eigenvalue weighted by atomic mass is 19.1. The van der Waals surface area contributed by atoms with Crippen LogP contribution in [0.25, 0.3) is 22.0 Å². The molecule has 2 aromatic carbocycles. The third-order valence-electron chi connectivity index (χ3n) is 11.8. The molecule has 2 spiro atoms. The molecule has 1 unspecified atom stereocenters. The highest BCUT2D eigenvalue weighted by Crippen LogP contribution is 2.62. The van der Waals surface area contributed by atoms with Gasteiger partial charge in [0.25, 0.3) is 0 Å². The smallest absolute Gasteiger partial charge is 0.239 e. The number of amides is 1. The monoisotopic (exact) mass is 659 g/mol. The van der Waals surface area contributed by atoms with Gasteiger partial charge in [0.05, 0.1) is 18.3 Å². The van der Waals surface area contributed by atoms with E-state index in [9.17, 15) is 9.18 Å². The second-order valence-electron chi connectivity index (χ2n) is 14.9. The average molecular weight is 660 g/mol. The van der Waals surface area contributed by atoms with Gasteiger partial charge >= 0.3 is 0 Å². The predicted molar refractivity (Wildman–Crippen MR) is 178 cm³/mol. The Morgan fingerprint density at radius 3 is 2.35 bits per heavy atom. The standard InChI is InChI=1S/C38H46FN3O6/c1-23(42-32-22-33(44-2)34(26-7-9-30(39)10-8-26)31-6-4-15-40-35(31)32)5-3-16-41-36(43)27-11-13-37(14-12-27)45-47-38(48-46-37)28-18-24-17-25(20-28)21-29(38)19-24/h4,6-10,15,22-25,27-29,42H,3,5,11-14,16-21H2,1-2H3,(H,41,43). The highest BCUT2D eigenvalue weighted by molar-refractivity contribution is 6.04. The summed E-state index contributed by atoms with van der Waals surface area (Å²) in [5.41, 5.74) is 3.43. The Labute approximate surface area is 281 Å². The first-order valence-corrected chi connectivity index (χ1v) is 17.8. The maximum Gasteiger partial charge on any atom is 0.239 e. The van der Waals surface area contributed by atoms with Crippen LogP contribution < -0.4 is 15.4 Å². The summed E-state index contributed by atoms with van der Waals surface area (Å²) in [6, 6.07) is 12.4. The summed E-state index contributed by atoms with van der Waals surface area (Å²) in [4.78, 5) is 42.2. The number of nitrogens with zero attached hydrogens (tertiary/aromatic N) is 1. The fourth-order valence-corrected chi connectivity index (χ4v) is 9.42. The number of rotatable bonds is 9. The van der Waals surface area contributed by atoms with Crippen molar-refractivity contribution >= 4 is 22.5 Å². The third-order valence-corrected chi connectivity index (χ3v) is 11.8. The van der Waals surface area contributed by atoms with Crippen LogP contribution in [0.15, 0.2) is 48.7 Å². The van der Waals surface area contributed by atoms with Gasteiger partial charge in [-0.1, -0.05) is 18.2 Å². The maximum absolute atomic E-state index is 13.6. The van der Waals surface area contributed by atoms with Crippen molar-refractivity contribution in [1.82, 2.24) is 10.3 Å². The van der Waals surface area contributed by atoms with Gasteiger partial charge in [-0.25, -0.2) is 4.39 Å². The van der Waals surface area contributed by atoms with Gasteiger partial charge in [-0.2, -0.15) is 19.6 Å². The van der Waals surface area contributed by atoms with Crippen LogP contribution in [0.1, 0.15) is 77.6 Å².